The van der Waals surface area contributed by atoms with Gasteiger partial charge in [-0.2, -0.15) is 0 Å². The quantitative estimate of drug-likeness (QED) is 0.268. The number of allylic oxidation sites excluding steroid dienone is 1. The summed E-state index contributed by atoms with van der Waals surface area (Å²) in [6, 6.07) is 5.43. The summed E-state index contributed by atoms with van der Waals surface area (Å²) >= 11 is 11.9. The van der Waals surface area contributed by atoms with Gasteiger partial charge in [0.2, 0.25) is 0 Å². The van der Waals surface area contributed by atoms with Crippen molar-refractivity contribution in [3.63, 3.8) is 0 Å². The minimum atomic E-state index is -0.595. The van der Waals surface area contributed by atoms with Crippen molar-refractivity contribution in [2.75, 3.05) is 24.9 Å². The molecule has 0 bridgehead atoms. The Labute approximate surface area is 133 Å². The first-order valence-corrected chi connectivity index (χ1v) is 7.24. The van der Waals surface area contributed by atoms with Gasteiger partial charge in [0.25, 0.3) is 0 Å². The molecule has 0 radical (unpaired) electrons. The molecule has 5 nitrogen and oxygen atoms in total. The molecule has 1 aliphatic carbocycles. The third-order valence-corrected chi connectivity index (χ3v) is 4.26. The number of benzene rings is 1. The van der Waals surface area contributed by atoms with Gasteiger partial charge < -0.3 is 16.5 Å². The van der Waals surface area contributed by atoms with Crippen molar-refractivity contribution in [2.45, 2.75) is 10.8 Å². The standard InChI is InChI=1S/C14H18Cl2N4O/c1-21-20-13-4-9(2-3-12(13)18)10(6-17)7-19-8-11-5-14(11,15)16/h2-4,6-7,11,17,19-20H,5,8,18H2,1H3/b10-7+,17-6?. The maximum absolute atomic E-state index is 7.53. The van der Waals surface area contributed by atoms with Gasteiger partial charge in [0.1, 0.15) is 4.33 Å². The number of hydrogen-bond donors (Lipinski definition) is 4. The Hall–Kier alpha value is -1.43. The van der Waals surface area contributed by atoms with Crippen LogP contribution < -0.4 is 16.5 Å². The first kappa shape index (κ1) is 15.9. The summed E-state index contributed by atoms with van der Waals surface area (Å²) in [6.45, 7) is 0.683. The van der Waals surface area contributed by atoms with Crippen LogP contribution in [0.3, 0.4) is 0 Å². The molecule has 0 spiro atoms. The number of alkyl halides is 2. The lowest BCUT2D eigenvalue weighted by Gasteiger charge is -2.10. The van der Waals surface area contributed by atoms with E-state index in [9.17, 15) is 0 Å². The third kappa shape index (κ3) is 4.03. The molecule has 0 aromatic heterocycles. The van der Waals surface area contributed by atoms with E-state index < -0.39 is 4.33 Å². The average molecular weight is 329 g/mol. The lowest BCUT2D eigenvalue weighted by atomic mass is 10.1. The molecule has 1 aliphatic rings. The fourth-order valence-corrected chi connectivity index (χ4v) is 2.47. The molecule has 0 aliphatic heterocycles. The van der Waals surface area contributed by atoms with E-state index in [2.05, 4.69) is 10.8 Å². The summed E-state index contributed by atoms with van der Waals surface area (Å²) in [5, 5.41) is 10.7. The summed E-state index contributed by atoms with van der Waals surface area (Å²) in [7, 11) is 1.52. The second-order valence-electron chi connectivity index (χ2n) is 4.92. The molecule has 1 aromatic carbocycles. The van der Waals surface area contributed by atoms with Crippen LogP contribution in [0, 0.1) is 11.3 Å². The van der Waals surface area contributed by atoms with E-state index in [-0.39, 0.29) is 5.92 Å². The summed E-state index contributed by atoms with van der Waals surface area (Å²) < 4.78 is -0.595. The van der Waals surface area contributed by atoms with Gasteiger partial charge in [0, 0.05) is 30.5 Å². The largest absolute Gasteiger partial charge is 0.397 e. The lowest BCUT2D eigenvalue weighted by molar-refractivity contribution is 0.271. The van der Waals surface area contributed by atoms with Crippen LogP contribution in [0.15, 0.2) is 24.4 Å². The van der Waals surface area contributed by atoms with Crippen molar-refractivity contribution < 1.29 is 4.84 Å². The SMILES string of the molecule is CONc1cc(/C(C=N)=C/NCC2CC2(Cl)Cl)ccc1N. The summed E-state index contributed by atoms with van der Waals surface area (Å²) in [6.07, 6.45) is 3.84. The minimum absolute atomic E-state index is 0.251. The summed E-state index contributed by atoms with van der Waals surface area (Å²) in [5.74, 6) is 0.251. The van der Waals surface area contributed by atoms with Gasteiger partial charge in [-0.1, -0.05) is 6.07 Å². The molecule has 1 aromatic rings. The highest BCUT2D eigenvalue weighted by molar-refractivity contribution is 6.50. The number of rotatable bonds is 7. The number of nitrogens with one attached hydrogen (secondary N) is 3. The first-order valence-electron chi connectivity index (χ1n) is 6.48. The van der Waals surface area contributed by atoms with Crippen LogP contribution in [0.5, 0.6) is 0 Å². The van der Waals surface area contributed by atoms with Crippen LogP contribution in [0.1, 0.15) is 12.0 Å². The number of halogens is 2. The van der Waals surface area contributed by atoms with Crippen molar-refractivity contribution >= 4 is 46.4 Å². The average Bonchev–Trinajstić information content (AvgIpc) is 3.05. The van der Waals surface area contributed by atoms with Gasteiger partial charge in [-0.25, -0.2) is 0 Å². The molecule has 7 heteroatoms. The second kappa shape index (κ2) is 6.56. The maximum Gasteiger partial charge on any atom is 0.123 e. The van der Waals surface area contributed by atoms with Crippen molar-refractivity contribution in [1.29, 1.82) is 5.41 Å². The summed E-state index contributed by atoms with van der Waals surface area (Å²) in [4.78, 5) is 4.87. The molecule has 1 saturated carbocycles. The molecule has 1 atom stereocenters. The van der Waals surface area contributed by atoms with E-state index in [1.807, 2.05) is 12.1 Å². The van der Waals surface area contributed by atoms with E-state index in [0.717, 1.165) is 17.6 Å². The number of nitrogen functional groups attached to an aromatic ring is 1. The van der Waals surface area contributed by atoms with E-state index >= 15 is 0 Å². The number of anilines is 2. The molecule has 0 heterocycles. The molecule has 0 amide bonds. The van der Waals surface area contributed by atoms with Crippen molar-refractivity contribution in [3.8, 4) is 0 Å². The Kier molecular flexibility index (Phi) is 4.98. The van der Waals surface area contributed by atoms with Gasteiger partial charge in [-0.05, 0) is 24.1 Å². The highest BCUT2D eigenvalue weighted by atomic mass is 35.5. The highest BCUT2D eigenvalue weighted by Gasteiger charge is 2.51. The molecular formula is C14H18Cl2N4O. The van der Waals surface area contributed by atoms with Crippen molar-refractivity contribution in [2.24, 2.45) is 5.92 Å². The topological polar surface area (TPSA) is 83.2 Å². The van der Waals surface area contributed by atoms with Gasteiger partial charge in [0.15, 0.2) is 0 Å². The second-order valence-corrected chi connectivity index (χ2v) is 6.46. The Morgan fingerprint density at radius 3 is 2.86 bits per heavy atom. The smallest absolute Gasteiger partial charge is 0.123 e. The Morgan fingerprint density at radius 1 is 1.57 bits per heavy atom. The van der Waals surface area contributed by atoms with Crippen LogP contribution in [0.2, 0.25) is 0 Å². The molecule has 2 rings (SSSR count). The van der Waals surface area contributed by atoms with Crippen molar-refractivity contribution in [3.05, 3.63) is 30.0 Å². The van der Waals surface area contributed by atoms with Crippen LogP contribution in [0.25, 0.3) is 5.57 Å². The number of nitrogens with two attached hydrogens (primary N) is 1. The molecule has 5 N–H and O–H groups in total. The highest BCUT2D eigenvalue weighted by Crippen LogP contribution is 2.52. The normalized spacial score (nSPS) is 20.0. The molecular weight excluding hydrogens is 311 g/mol. The van der Waals surface area contributed by atoms with Gasteiger partial charge in [0.05, 0.1) is 18.5 Å². The monoisotopic (exact) mass is 328 g/mol. The van der Waals surface area contributed by atoms with Crippen LogP contribution in [0.4, 0.5) is 11.4 Å². The van der Waals surface area contributed by atoms with E-state index in [0.29, 0.717) is 17.9 Å². The minimum Gasteiger partial charge on any atom is -0.397 e. The fraction of sp³-hybridized carbons (Fsp3) is 0.357. The van der Waals surface area contributed by atoms with Gasteiger partial charge >= 0.3 is 0 Å². The van der Waals surface area contributed by atoms with Crippen LogP contribution in [-0.2, 0) is 4.84 Å². The Bertz CT molecular complexity index is 560. The zero-order chi connectivity index (χ0) is 15.5. The van der Waals surface area contributed by atoms with Gasteiger partial charge in [-0.15, -0.1) is 23.2 Å². The van der Waals surface area contributed by atoms with E-state index in [1.165, 1.54) is 13.3 Å². The first-order chi connectivity index (χ1) is 9.97. The molecule has 21 heavy (non-hydrogen) atoms. The Morgan fingerprint density at radius 2 is 2.29 bits per heavy atom. The molecule has 1 fully saturated rings. The van der Waals surface area contributed by atoms with Crippen LogP contribution >= 0.6 is 23.2 Å². The Balaban J connectivity index is 2.06. The van der Waals surface area contributed by atoms with Gasteiger partial charge in [-0.3, -0.25) is 10.3 Å². The third-order valence-electron chi connectivity index (χ3n) is 3.33. The predicted molar refractivity (Wildman–Crippen MR) is 88.8 cm³/mol. The fourth-order valence-electron chi connectivity index (χ4n) is 1.94. The molecule has 114 valence electrons. The summed E-state index contributed by atoms with van der Waals surface area (Å²) in [5.41, 5.74) is 11.3. The van der Waals surface area contributed by atoms with E-state index in [4.69, 9.17) is 39.2 Å². The predicted octanol–water partition coefficient (Wildman–Crippen LogP) is 3.02. The maximum atomic E-state index is 7.53. The molecule has 1 unspecified atom stereocenters. The lowest BCUT2D eigenvalue weighted by Crippen LogP contribution is -2.13. The van der Waals surface area contributed by atoms with Crippen molar-refractivity contribution in [1.82, 2.24) is 5.32 Å². The zero-order valence-corrected chi connectivity index (χ0v) is 13.1. The van der Waals surface area contributed by atoms with E-state index in [1.54, 1.807) is 12.3 Å². The molecule has 0 saturated heterocycles. The van der Waals surface area contributed by atoms with Crippen LogP contribution in [-0.4, -0.2) is 24.2 Å². The number of hydrogen-bond acceptors (Lipinski definition) is 5. The zero-order valence-electron chi connectivity index (χ0n) is 11.6.